The van der Waals surface area contributed by atoms with Crippen LogP contribution in [0.4, 0.5) is 0 Å². The Morgan fingerprint density at radius 3 is 2.83 bits per heavy atom. The summed E-state index contributed by atoms with van der Waals surface area (Å²) in [7, 11) is 0. The lowest BCUT2D eigenvalue weighted by molar-refractivity contribution is -0.116. The van der Waals surface area contributed by atoms with Gasteiger partial charge in [-0.05, 0) is 13.0 Å². The Morgan fingerprint density at radius 2 is 2.33 bits per heavy atom. The molecule has 1 aliphatic rings. The number of allylic oxidation sites excluding steroid dienone is 2. The molecule has 1 rings (SSSR count). The summed E-state index contributed by atoms with van der Waals surface area (Å²) in [4.78, 5) is 10.7. The fourth-order valence-corrected chi connectivity index (χ4v) is 1.19. The smallest absolute Gasteiger partial charge is 0.133 e. The summed E-state index contributed by atoms with van der Waals surface area (Å²) in [5.41, 5.74) is 0.868. The Kier molecular flexibility index (Phi) is 2.65. The number of carbonyl (C=O) groups excluding carboxylic acids is 1. The zero-order chi connectivity index (χ0) is 9.14. The summed E-state index contributed by atoms with van der Waals surface area (Å²) in [6, 6.07) is 0. The summed E-state index contributed by atoms with van der Waals surface area (Å²) in [6.45, 7) is 1.51. The van der Waals surface area contributed by atoms with Gasteiger partial charge in [0.2, 0.25) is 0 Å². The van der Waals surface area contributed by atoms with Crippen molar-refractivity contribution in [2.75, 3.05) is 0 Å². The Morgan fingerprint density at radius 1 is 1.67 bits per heavy atom. The van der Waals surface area contributed by atoms with E-state index in [1.807, 2.05) is 0 Å². The fourth-order valence-electron chi connectivity index (χ4n) is 1.19. The molecule has 1 aliphatic carbocycles. The molecule has 0 radical (unpaired) electrons. The van der Waals surface area contributed by atoms with Gasteiger partial charge in [0.1, 0.15) is 17.6 Å². The Balaban J connectivity index is 2.64. The van der Waals surface area contributed by atoms with E-state index < -0.39 is 6.10 Å². The summed E-state index contributed by atoms with van der Waals surface area (Å²) >= 11 is 0. The molecule has 0 bridgehead atoms. The van der Waals surface area contributed by atoms with Gasteiger partial charge in [-0.25, -0.2) is 0 Å². The maximum Gasteiger partial charge on any atom is 0.133 e. The van der Waals surface area contributed by atoms with Crippen molar-refractivity contribution in [2.45, 2.75) is 25.9 Å². The highest BCUT2D eigenvalue weighted by Gasteiger charge is 2.16. The van der Waals surface area contributed by atoms with Crippen LogP contribution in [0.1, 0.15) is 19.8 Å². The van der Waals surface area contributed by atoms with E-state index in [2.05, 4.69) is 0 Å². The minimum atomic E-state index is -0.829. The molecule has 0 aliphatic heterocycles. The molecule has 0 aromatic rings. The molecule has 1 atom stereocenters. The summed E-state index contributed by atoms with van der Waals surface area (Å²) in [6.07, 6.45) is 3.02. The van der Waals surface area contributed by atoms with Gasteiger partial charge >= 0.3 is 0 Å². The molecule has 2 N–H and O–H groups in total. The van der Waals surface area contributed by atoms with Gasteiger partial charge in [-0.3, -0.25) is 4.79 Å². The van der Waals surface area contributed by atoms with E-state index in [9.17, 15) is 9.90 Å². The number of hydrogen-bond acceptors (Lipinski definition) is 3. The molecule has 66 valence electrons. The predicted octanol–water partition coefficient (Wildman–Crippen LogP) is 1.10. The monoisotopic (exact) mass is 168 g/mol. The van der Waals surface area contributed by atoms with Gasteiger partial charge in [0.05, 0.1) is 0 Å². The lowest BCUT2D eigenvalue weighted by atomic mass is 9.97. The molecule has 1 unspecified atom stereocenters. The molecule has 0 aromatic carbocycles. The lowest BCUT2D eigenvalue weighted by Crippen LogP contribution is -2.14. The third-order valence-corrected chi connectivity index (χ3v) is 1.76. The van der Waals surface area contributed by atoms with Crippen molar-refractivity contribution in [3.8, 4) is 0 Å². The van der Waals surface area contributed by atoms with Crippen molar-refractivity contribution in [2.24, 2.45) is 0 Å². The van der Waals surface area contributed by atoms with E-state index >= 15 is 0 Å². The van der Waals surface area contributed by atoms with Crippen molar-refractivity contribution >= 4 is 5.78 Å². The van der Waals surface area contributed by atoms with Gasteiger partial charge in [0, 0.05) is 12.8 Å². The first-order valence-corrected chi connectivity index (χ1v) is 3.85. The minimum absolute atomic E-state index is 0.0256. The summed E-state index contributed by atoms with van der Waals surface area (Å²) in [5, 5.41) is 18.2. The van der Waals surface area contributed by atoms with E-state index in [0.717, 1.165) is 5.57 Å². The average Bonchev–Trinajstić information content (AvgIpc) is 1.96. The second-order valence-corrected chi connectivity index (χ2v) is 3.02. The van der Waals surface area contributed by atoms with Crippen LogP contribution in [0.15, 0.2) is 23.5 Å². The van der Waals surface area contributed by atoms with Crippen LogP contribution in [0.25, 0.3) is 0 Å². The predicted molar refractivity (Wildman–Crippen MR) is 44.7 cm³/mol. The molecule has 0 heterocycles. The molecule has 0 saturated carbocycles. The Bertz CT molecular complexity index is 250. The van der Waals surface area contributed by atoms with E-state index in [4.69, 9.17) is 5.11 Å². The van der Waals surface area contributed by atoms with Gasteiger partial charge in [0.25, 0.3) is 0 Å². The zero-order valence-corrected chi connectivity index (χ0v) is 6.95. The van der Waals surface area contributed by atoms with E-state index in [1.165, 1.54) is 13.0 Å². The maximum absolute atomic E-state index is 10.7. The second kappa shape index (κ2) is 3.54. The number of carbonyl (C=O) groups is 1. The number of ketones is 1. The zero-order valence-electron chi connectivity index (χ0n) is 6.95. The van der Waals surface area contributed by atoms with Gasteiger partial charge in [-0.2, -0.15) is 0 Å². The molecule has 0 fully saturated rings. The van der Waals surface area contributed by atoms with Crippen molar-refractivity contribution in [1.29, 1.82) is 0 Å². The van der Waals surface area contributed by atoms with Gasteiger partial charge < -0.3 is 10.2 Å². The van der Waals surface area contributed by atoms with Gasteiger partial charge in [-0.1, -0.05) is 11.6 Å². The first kappa shape index (κ1) is 9.00. The number of Topliss-reactive ketones (excluding diaryl/α,β-unsaturated/α-hetero) is 1. The average molecular weight is 168 g/mol. The number of aliphatic hydroxyl groups is 2. The molecule has 0 amide bonds. The van der Waals surface area contributed by atoms with E-state index in [0.29, 0.717) is 12.8 Å². The van der Waals surface area contributed by atoms with Crippen molar-refractivity contribution in [3.05, 3.63) is 23.5 Å². The van der Waals surface area contributed by atoms with Gasteiger partial charge in [-0.15, -0.1) is 0 Å². The topological polar surface area (TPSA) is 57.5 Å². The molecule has 12 heavy (non-hydrogen) atoms. The number of hydrogen-bond donors (Lipinski definition) is 2. The Labute approximate surface area is 71.0 Å². The standard InChI is InChI=1S/C9H12O3/c1-6(10)4-7-2-3-8(11)9(12)5-7/h2-3,9,11-12H,4-5H2,1H3. The Hall–Kier alpha value is -1.09. The molecule has 3 nitrogen and oxygen atoms in total. The van der Waals surface area contributed by atoms with Crippen LogP contribution in [-0.2, 0) is 4.79 Å². The summed E-state index contributed by atoms with van der Waals surface area (Å²) < 4.78 is 0. The van der Waals surface area contributed by atoms with Crippen molar-refractivity contribution in [1.82, 2.24) is 0 Å². The SMILES string of the molecule is CC(=O)CC1=CC=C(O)C(O)C1. The van der Waals surface area contributed by atoms with Crippen LogP contribution in [0.2, 0.25) is 0 Å². The van der Waals surface area contributed by atoms with Gasteiger partial charge in [0.15, 0.2) is 0 Å². The highest BCUT2D eigenvalue weighted by Crippen LogP contribution is 2.19. The molecular formula is C9H12O3. The van der Waals surface area contributed by atoms with E-state index in [1.54, 1.807) is 6.08 Å². The van der Waals surface area contributed by atoms with Crippen molar-refractivity contribution < 1.29 is 15.0 Å². The molecule has 0 aromatic heterocycles. The van der Waals surface area contributed by atoms with Crippen LogP contribution >= 0.6 is 0 Å². The molecular weight excluding hydrogens is 156 g/mol. The van der Waals surface area contributed by atoms with E-state index in [-0.39, 0.29) is 11.5 Å². The second-order valence-electron chi connectivity index (χ2n) is 3.02. The summed E-state index contributed by atoms with van der Waals surface area (Å²) in [5.74, 6) is 0.0468. The van der Waals surface area contributed by atoms with Crippen LogP contribution in [0.3, 0.4) is 0 Å². The minimum Gasteiger partial charge on any atom is -0.510 e. The third-order valence-electron chi connectivity index (χ3n) is 1.76. The highest BCUT2D eigenvalue weighted by molar-refractivity contribution is 5.78. The maximum atomic E-state index is 10.7. The largest absolute Gasteiger partial charge is 0.510 e. The first-order valence-electron chi connectivity index (χ1n) is 3.85. The quantitative estimate of drug-likeness (QED) is 0.649. The lowest BCUT2D eigenvalue weighted by Gasteiger charge is -2.15. The number of rotatable bonds is 2. The molecule has 0 spiro atoms. The first-order chi connectivity index (χ1) is 5.59. The normalized spacial score (nSPS) is 23.0. The number of aliphatic hydroxyl groups excluding tert-OH is 2. The van der Waals surface area contributed by atoms with Crippen LogP contribution in [0.5, 0.6) is 0 Å². The molecule has 3 heteroatoms. The van der Waals surface area contributed by atoms with Crippen LogP contribution in [-0.4, -0.2) is 22.1 Å². The van der Waals surface area contributed by atoms with Crippen molar-refractivity contribution in [3.63, 3.8) is 0 Å². The molecule has 0 saturated heterocycles. The van der Waals surface area contributed by atoms with Crippen LogP contribution < -0.4 is 0 Å². The highest BCUT2D eigenvalue weighted by atomic mass is 16.3. The fraction of sp³-hybridized carbons (Fsp3) is 0.444. The van der Waals surface area contributed by atoms with Crippen LogP contribution in [0, 0.1) is 0 Å². The third kappa shape index (κ3) is 2.20.